The lowest BCUT2D eigenvalue weighted by atomic mass is 9.99. The lowest BCUT2D eigenvalue weighted by molar-refractivity contribution is 0.208. The summed E-state index contributed by atoms with van der Waals surface area (Å²) < 4.78 is 7.60. The standard InChI is InChI=1S/C13H17N5O/c1-3-14-4-2-11(1)8-19-13-7-12(16-9-17-13)18-6-5-15-10-18/h5-7,9-11,14H,1-4,8H2. The van der Waals surface area contributed by atoms with Gasteiger partial charge < -0.3 is 10.1 Å². The van der Waals surface area contributed by atoms with Gasteiger partial charge in [0.25, 0.3) is 0 Å². The van der Waals surface area contributed by atoms with Crippen molar-refractivity contribution in [1.29, 1.82) is 0 Å². The molecule has 0 aliphatic carbocycles. The van der Waals surface area contributed by atoms with Crippen molar-refractivity contribution in [1.82, 2.24) is 24.8 Å². The van der Waals surface area contributed by atoms with E-state index in [1.54, 1.807) is 12.5 Å². The van der Waals surface area contributed by atoms with Gasteiger partial charge in [-0.1, -0.05) is 0 Å². The molecule has 1 fully saturated rings. The molecule has 6 nitrogen and oxygen atoms in total. The number of hydrogen-bond acceptors (Lipinski definition) is 5. The Labute approximate surface area is 111 Å². The first kappa shape index (κ1) is 12.1. The predicted octanol–water partition coefficient (Wildman–Crippen LogP) is 1.04. The Bertz CT molecular complexity index is 508. The Morgan fingerprint density at radius 1 is 1.32 bits per heavy atom. The van der Waals surface area contributed by atoms with E-state index in [-0.39, 0.29) is 0 Å². The molecule has 100 valence electrons. The van der Waals surface area contributed by atoms with Crippen molar-refractivity contribution in [2.75, 3.05) is 19.7 Å². The topological polar surface area (TPSA) is 64.9 Å². The van der Waals surface area contributed by atoms with E-state index in [2.05, 4.69) is 20.3 Å². The van der Waals surface area contributed by atoms with Crippen LogP contribution < -0.4 is 10.1 Å². The van der Waals surface area contributed by atoms with E-state index in [0.717, 1.165) is 25.5 Å². The summed E-state index contributed by atoms with van der Waals surface area (Å²) in [5.74, 6) is 2.01. The van der Waals surface area contributed by atoms with Crippen LogP contribution in [0.4, 0.5) is 0 Å². The van der Waals surface area contributed by atoms with Gasteiger partial charge in [-0.3, -0.25) is 4.57 Å². The minimum Gasteiger partial charge on any atom is -0.477 e. The predicted molar refractivity (Wildman–Crippen MR) is 70.2 cm³/mol. The first-order valence-electron chi connectivity index (χ1n) is 6.56. The van der Waals surface area contributed by atoms with E-state index < -0.39 is 0 Å². The summed E-state index contributed by atoms with van der Waals surface area (Å²) in [4.78, 5) is 12.4. The van der Waals surface area contributed by atoms with Gasteiger partial charge in [0.2, 0.25) is 5.88 Å². The molecule has 3 heterocycles. The summed E-state index contributed by atoms with van der Waals surface area (Å²) in [6, 6.07) is 1.84. The number of rotatable bonds is 4. The quantitative estimate of drug-likeness (QED) is 0.888. The third-order valence-corrected chi connectivity index (χ3v) is 3.32. The van der Waals surface area contributed by atoms with Crippen LogP contribution in [0.15, 0.2) is 31.1 Å². The van der Waals surface area contributed by atoms with E-state index >= 15 is 0 Å². The number of hydrogen-bond donors (Lipinski definition) is 1. The number of ether oxygens (including phenoxy) is 1. The molecule has 0 unspecified atom stereocenters. The van der Waals surface area contributed by atoms with Crippen molar-refractivity contribution >= 4 is 0 Å². The van der Waals surface area contributed by atoms with Gasteiger partial charge in [0.05, 0.1) is 6.61 Å². The molecular formula is C13H17N5O. The zero-order valence-corrected chi connectivity index (χ0v) is 10.7. The Morgan fingerprint density at radius 2 is 2.21 bits per heavy atom. The van der Waals surface area contributed by atoms with Crippen LogP contribution in [0.5, 0.6) is 5.88 Å². The van der Waals surface area contributed by atoms with E-state index in [9.17, 15) is 0 Å². The molecule has 3 rings (SSSR count). The minimum absolute atomic E-state index is 0.618. The molecule has 0 aromatic carbocycles. The number of piperidine rings is 1. The minimum atomic E-state index is 0.618. The van der Waals surface area contributed by atoms with Crippen LogP contribution in [-0.4, -0.2) is 39.2 Å². The van der Waals surface area contributed by atoms with Gasteiger partial charge in [-0.25, -0.2) is 15.0 Å². The monoisotopic (exact) mass is 259 g/mol. The molecule has 0 atom stereocenters. The van der Waals surface area contributed by atoms with E-state index in [0.29, 0.717) is 11.8 Å². The van der Waals surface area contributed by atoms with Crippen LogP contribution in [0.2, 0.25) is 0 Å². The number of imidazole rings is 1. The molecule has 2 aromatic rings. The van der Waals surface area contributed by atoms with Crippen molar-refractivity contribution in [2.24, 2.45) is 5.92 Å². The lowest BCUT2D eigenvalue weighted by Crippen LogP contribution is -2.30. The fourth-order valence-electron chi connectivity index (χ4n) is 2.20. The highest BCUT2D eigenvalue weighted by molar-refractivity contribution is 5.26. The summed E-state index contributed by atoms with van der Waals surface area (Å²) in [7, 11) is 0. The fraction of sp³-hybridized carbons (Fsp3) is 0.462. The average Bonchev–Trinajstić information content (AvgIpc) is 3.01. The maximum Gasteiger partial charge on any atom is 0.218 e. The van der Waals surface area contributed by atoms with Crippen LogP contribution in [-0.2, 0) is 0 Å². The summed E-state index contributed by atoms with van der Waals surface area (Å²) in [6.07, 6.45) is 9.13. The second-order valence-corrected chi connectivity index (χ2v) is 4.69. The third-order valence-electron chi connectivity index (χ3n) is 3.32. The van der Waals surface area contributed by atoms with Crippen molar-refractivity contribution < 1.29 is 4.74 Å². The fourth-order valence-corrected chi connectivity index (χ4v) is 2.20. The summed E-state index contributed by atoms with van der Waals surface area (Å²) >= 11 is 0. The normalized spacial score (nSPS) is 16.4. The van der Waals surface area contributed by atoms with Crippen molar-refractivity contribution in [3.05, 3.63) is 31.1 Å². The molecule has 2 aromatic heterocycles. The summed E-state index contributed by atoms with van der Waals surface area (Å²) in [5.41, 5.74) is 0. The highest BCUT2D eigenvalue weighted by atomic mass is 16.5. The second-order valence-electron chi connectivity index (χ2n) is 4.69. The number of aromatic nitrogens is 4. The Hall–Kier alpha value is -1.95. The zero-order valence-electron chi connectivity index (χ0n) is 10.7. The van der Waals surface area contributed by atoms with Crippen molar-refractivity contribution in [3.63, 3.8) is 0 Å². The van der Waals surface area contributed by atoms with Gasteiger partial charge >= 0.3 is 0 Å². The molecule has 0 bridgehead atoms. The van der Waals surface area contributed by atoms with Gasteiger partial charge in [-0.05, 0) is 31.8 Å². The first-order chi connectivity index (χ1) is 9.42. The average molecular weight is 259 g/mol. The highest BCUT2D eigenvalue weighted by Crippen LogP contribution is 2.15. The van der Waals surface area contributed by atoms with Gasteiger partial charge in [0.1, 0.15) is 18.5 Å². The number of nitrogens with zero attached hydrogens (tertiary/aromatic N) is 4. The lowest BCUT2D eigenvalue weighted by Gasteiger charge is -2.22. The van der Waals surface area contributed by atoms with E-state index in [1.165, 1.54) is 19.2 Å². The first-order valence-corrected chi connectivity index (χ1v) is 6.56. The zero-order chi connectivity index (χ0) is 12.9. The molecule has 0 radical (unpaired) electrons. The van der Waals surface area contributed by atoms with Gasteiger partial charge in [0.15, 0.2) is 0 Å². The molecular weight excluding hydrogens is 242 g/mol. The highest BCUT2D eigenvalue weighted by Gasteiger charge is 2.14. The third kappa shape index (κ3) is 3.08. The van der Waals surface area contributed by atoms with Crippen LogP contribution in [0, 0.1) is 5.92 Å². The van der Waals surface area contributed by atoms with Crippen LogP contribution >= 0.6 is 0 Å². The van der Waals surface area contributed by atoms with Gasteiger partial charge in [-0.2, -0.15) is 0 Å². The molecule has 6 heteroatoms. The molecule has 1 aliphatic heterocycles. The van der Waals surface area contributed by atoms with Crippen molar-refractivity contribution in [3.8, 4) is 11.7 Å². The Morgan fingerprint density at radius 3 is 3.00 bits per heavy atom. The molecule has 1 N–H and O–H groups in total. The van der Waals surface area contributed by atoms with Crippen LogP contribution in [0.25, 0.3) is 5.82 Å². The molecule has 1 aliphatic rings. The van der Waals surface area contributed by atoms with Gasteiger partial charge in [0, 0.05) is 18.5 Å². The van der Waals surface area contributed by atoms with E-state index in [1.807, 2.05) is 16.8 Å². The molecule has 0 amide bonds. The summed E-state index contributed by atoms with van der Waals surface area (Å²) in [6.45, 7) is 2.89. The number of nitrogens with one attached hydrogen (secondary N) is 1. The SMILES string of the molecule is c1cn(-c2cc(OCC3CCNCC3)ncn2)cn1. The maximum atomic E-state index is 5.77. The van der Waals surface area contributed by atoms with Crippen LogP contribution in [0.1, 0.15) is 12.8 Å². The van der Waals surface area contributed by atoms with Gasteiger partial charge in [-0.15, -0.1) is 0 Å². The Kier molecular flexibility index (Phi) is 3.69. The summed E-state index contributed by atoms with van der Waals surface area (Å²) in [5, 5.41) is 3.35. The smallest absolute Gasteiger partial charge is 0.218 e. The van der Waals surface area contributed by atoms with Crippen LogP contribution in [0.3, 0.4) is 0 Å². The van der Waals surface area contributed by atoms with Crippen molar-refractivity contribution in [2.45, 2.75) is 12.8 Å². The molecule has 0 saturated carbocycles. The largest absolute Gasteiger partial charge is 0.477 e. The maximum absolute atomic E-state index is 5.77. The molecule has 19 heavy (non-hydrogen) atoms. The molecule has 0 spiro atoms. The molecule has 1 saturated heterocycles. The Balaban J connectivity index is 1.63. The second kappa shape index (κ2) is 5.79. The van der Waals surface area contributed by atoms with E-state index in [4.69, 9.17) is 4.74 Å².